The average Bonchev–Trinajstić information content (AvgIpc) is 2.41. The van der Waals surface area contributed by atoms with Gasteiger partial charge in [0.25, 0.3) is 11.3 Å². The molecule has 0 amide bonds. The first kappa shape index (κ1) is 10.7. The van der Waals surface area contributed by atoms with E-state index in [0.717, 1.165) is 0 Å². The Kier molecular flexibility index (Phi) is 2.04. The van der Waals surface area contributed by atoms with Gasteiger partial charge in [-0.05, 0) is 20.8 Å². The van der Waals surface area contributed by atoms with E-state index in [1.807, 2.05) is 20.8 Å². The van der Waals surface area contributed by atoms with Crippen molar-refractivity contribution in [1.29, 1.82) is 0 Å². The SMILES string of the molecule is Cn1c(=O)oc2ncn(C(C)(C)C)c(=O)c21. The fourth-order valence-corrected chi connectivity index (χ4v) is 1.51. The summed E-state index contributed by atoms with van der Waals surface area (Å²) in [5, 5.41) is 0. The van der Waals surface area contributed by atoms with Gasteiger partial charge in [-0.25, -0.2) is 9.78 Å². The van der Waals surface area contributed by atoms with Gasteiger partial charge in [0.05, 0.1) is 0 Å². The van der Waals surface area contributed by atoms with Crippen LogP contribution in [0.2, 0.25) is 0 Å². The van der Waals surface area contributed by atoms with E-state index in [-0.39, 0.29) is 22.3 Å². The zero-order valence-corrected chi connectivity index (χ0v) is 9.64. The number of hydrogen-bond acceptors (Lipinski definition) is 4. The Balaban J connectivity index is 2.95. The molecule has 2 aromatic heterocycles. The first-order chi connectivity index (χ1) is 7.32. The molecule has 0 saturated heterocycles. The summed E-state index contributed by atoms with van der Waals surface area (Å²) in [4.78, 5) is 27.3. The molecular formula is C10H13N3O3. The van der Waals surface area contributed by atoms with Gasteiger partial charge in [-0.3, -0.25) is 13.9 Å². The molecule has 0 aliphatic carbocycles. The molecule has 6 nitrogen and oxygen atoms in total. The highest BCUT2D eigenvalue weighted by atomic mass is 16.4. The molecule has 0 radical (unpaired) electrons. The summed E-state index contributed by atoms with van der Waals surface area (Å²) < 4.78 is 7.48. The number of aryl methyl sites for hydroxylation is 1. The lowest BCUT2D eigenvalue weighted by Crippen LogP contribution is -2.34. The van der Waals surface area contributed by atoms with Gasteiger partial charge >= 0.3 is 5.76 Å². The topological polar surface area (TPSA) is 70.0 Å². The van der Waals surface area contributed by atoms with Crippen LogP contribution in [-0.4, -0.2) is 14.1 Å². The second-order valence-corrected chi connectivity index (χ2v) is 4.67. The van der Waals surface area contributed by atoms with Crippen LogP contribution in [0.4, 0.5) is 0 Å². The van der Waals surface area contributed by atoms with E-state index in [2.05, 4.69) is 4.98 Å². The van der Waals surface area contributed by atoms with Gasteiger partial charge in [0.15, 0.2) is 5.52 Å². The van der Waals surface area contributed by atoms with Crippen LogP contribution < -0.4 is 11.3 Å². The van der Waals surface area contributed by atoms with E-state index in [1.54, 1.807) is 0 Å². The van der Waals surface area contributed by atoms with Crippen molar-refractivity contribution in [1.82, 2.24) is 14.1 Å². The number of nitrogens with zero attached hydrogens (tertiary/aromatic N) is 3. The predicted molar refractivity (Wildman–Crippen MR) is 58.5 cm³/mol. The Morgan fingerprint density at radius 3 is 2.50 bits per heavy atom. The van der Waals surface area contributed by atoms with E-state index in [4.69, 9.17) is 4.42 Å². The van der Waals surface area contributed by atoms with Crippen LogP contribution >= 0.6 is 0 Å². The molecule has 0 bridgehead atoms. The minimum Gasteiger partial charge on any atom is -0.388 e. The molecular weight excluding hydrogens is 210 g/mol. The summed E-state index contributed by atoms with van der Waals surface area (Å²) in [6.07, 6.45) is 1.40. The third-order valence-electron chi connectivity index (χ3n) is 2.43. The molecule has 0 unspecified atom stereocenters. The molecule has 0 aromatic carbocycles. The molecule has 0 N–H and O–H groups in total. The van der Waals surface area contributed by atoms with Crippen molar-refractivity contribution < 1.29 is 4.42 Å². The Labute approximate surface area is 91.1 Å². The molecule has 0 aliphatic heterocycles. The summed E-state index contributed by atoms with van der Waals surface area (Å²) >= 11 is 0. The monoisotopic (exact) mass is 223 g/mol. The van der Waals surface area contributed by atoms with Crippen LogP contribution in [0.15, 0.2) is 20.3 Å². The van der Waals surface area contributed by atoms with E-state index in [0.29, 0.717) is 0 Å². The van der Waals surface area contributed by atoms with Crippen molar-refractivity contribution in [3.63, 3.8) is 0 Å². The maximum atomic E-state index is 12.1. The highest BCUT2D eigenvalue weighted by molar-refractivity contribution is 5.66. The standard InChI is InChI=1S/C10H13N3O3/c1-10(2,3)13-5-11-7-6(8(13)14)12(4)9(15)16-7/h5H,1-4H3. The van der Waals surface area contributed by atoms with Crippen molar-refractivity contribution in [2.45, 2.75) is 26.3 Å². The van der Waals surface area contributed by atoms with Crippen molar-refractivity contribution in [3.8, 4) is 0 Å². The van der Waals surface area contributed by atoms with Gasteiger partial charge in [-0.1, -0.05) is 0 Å². The molecule has 6 heteroatoms. The molecule has 2 aromatic rings. The summed E-state index contributed by atoms with van der Waals surface area (Å²) in [6.45, 7) is 5.67. The predicted octanol–water partition coefficient (Wildman–Crippen LogP) is 0.443. The summed E-state index contributed by atoms with van der Waals surface area (Å²) in [5.74, 6) is -0.578. The van der Waals surface area contributed by atoms with E-state index in [9.17, 15) is 9.59 Å². The van der Waals surface area contributed by atoms with Crippen LogP contribution in [-0.2, 0) is 12.6 Å². The number of aromatic nitrogens is 3. The molecule has 2 rings (SSSR count). The van der Waals surface area contributed by atoms with Gasteiger partial charge < -0.3 is 4.42 Å². The number of hydrogen-bond donors (Lipinski definition) is 0. The third kappa shape index (κ3) is 1.37. The van der Waals surface area contributed by atoms with E-state index < -0.39 is 5.76 Å². The second-order valence-electron chi connectivity index (χ2n) is 4.67. The second kappa shape index (κ2) is 3.07. The molecule has 0 saturated carbocycles. The molecule has 0 spiro atoms. The highest BCUT2D eigenvalue weighted by Gasteiger charge is 2.19. The molecule has 0 aliphatic rings. The lowest BCUT2D eigenvalue weighted by atomic mass is 10.1. The van der Waals surface area contributed by atoms with Crippen LogP contribution in [0.25, 0.3) is 11.2 Å². The quantitative estimate of drug-likeness (QED) is 0.650. The minimum atomic E-state index is -0.578. The maximum absolute atomic E-state index is 12.1. The van der Waals surface area contributed by atoms with Gasteiger partial charge in [-0.15, -0.1) is 0 Å². The normalized spacial score (nSPS) is 12.2. The van der Waals surface area contributed by atoms with Crippen LogP contribution in [0.3, 0.4) is 0 Å². The van der Waals surface area contributed by atoms with Crippen molar-refractivity contribution >= 4 is 11.2 Å². The fourth-order valence-electron chi connectivity index (χ4n) is 1.51. The van der Waals surface area contributed by atoms with Crippen LogP contribution in [0.1, 0.15) is 20.8 Å². The number of oxazole rings is 1. The summed E-state index contributed by atoms with van der Waals surface area (Å²) in [7, 11) is 1.49. The number of rotatable bonds is 0. The first-order valence-electron chi connectivity index (χ1n) is 4.90. The van der Waals surface area contributed by atoms with Crippen molar-refractivity contribution in [3.05, 3.63) is 27.2 Å². The van der Waals surface area contributed by atoms with Crippen molar-refractivity contribution in [2.75, 3.05) is 0 Å². The summed E-state index contributed by atoms with van der Waals surface area (Å²) in [6, 6.07) is 0. The van der Waals surface area contributed by atoms with Gasteiger partial charge in [-0.2, -0.15) is 0 Å². The smallest absolute Gasteiger partial charge is 0.388 e. The lowest BCUT2D eigenvalue weighted by Gasteiger charge is -2.21. The molecule has 16 heavy (non-hydrogen) atoms. The fraction of sp³-hybridized carbons (Fsp3) is 0.500. The third-order valence-corrected chi connectivity index (χ3v) is 2.43. The molecule has 0 atom stereocenters. The Hall–Kier alpha value is -1.85. The molecule has 0 fully saturated rings. The van der Waals surface area contributed by atoms with E-state index >= 15 is 0 Å². The molecule has 2 heterocycles. The van der Waals surface area contributed by atoms with Gasteiger partial charge in [0.2, 0.25) is 0 Å². The Morgan fingerprint density at radius 2 is 1.94 bits per heavy atom. The minimum absolute atomic E-state index is 0.0815. The Morgan fingerprint density at radius 1 is 1.31 bits per heavy atom. The zero-order valence-electron chi connectivity index (χ0n) is 9.64. The van der Waals surface area contributed by atoms with Gasteiger partial charge in [0, 0.05) is 12.6 Å². The Bertz CT molecular complexity index is 654. The van der Waals surface area contributed by atoms with Crippen molar-refractivity contribution in [2.24, 2.45) is 7.05 Å². The van der Waals surface area contributed by atoms with E-state index in [1.165, 1.54) is 22.5 Å². The largest absolute Gasteiger partial charge is 0.421 e. The van der Waals surface area contributed by atoms with Crippen LogP contribution in [0, 0.1) is 0 Å². The molecule has 86 valence electrons. The number of fused-ring (bicyclic) bond motifs is 1. The maximum Gasteiger partial charge on any atom is 0.421 e. The highest BCUT2D eigenvalue weighted by Crippen LogP contribution is 2.11. The van der Waals surface area contributed by atoms with Crippen LogP contribution in [0.5, 0.6) is 0 Å². The lowest BCUT2D eigenvalue weighted by molar-refractivity contribution is 0.380. The zero-order chi connectivity index (χ0) is 12.1. The van der Waals surface area contributed by atoms with Gasteiger partial charge in [0.1, 0.15) is 6.33 Å². The first-order valence-corrected chi connectivity index (χ1v) is 4.90. The average molecular weight is 223 g/mol. The summed E-state index contributed by atoms with van der Waals surface area (Å²) in [5.41, 5.74) is -0.378.